The van der Waals surface area contributed by atoms with E-state index in [0.717, 1.165) is 6.42 Å². The molecule has 1 saturated heterocycles. The SMILES string of the molecule is COc1ccc(C#N)c(OCCC2CCCN2C)c1. The predicted molar refractivity (Wildman–Crippen MR) is 73.5 cm³/mol. The lowest BCUT2D eigenvalue weighted by Crippen LogP contribution is -2.26. The number of likely N-dealkylation sites (tertiary alicyclic amines) is 1. The molecular weight excluding hydrogens is 240 g/mol. The van der Waals surface area contributed by atoms with Crippen LogP contribution in [0.15, 0.2) is 18.2 Å². The Morgan fingerprint density at radius 3 is 2.95 bits per heavy atom. The monoisotopic (exact) mass is 260 g/mol. The van der Waals surface area contributed by atoms with Gasteiger partial charge in [0.2, 0.25) is 0 Å². The smallest absolute Gasteiger partial charge is 0.140 e. The highest BCUT2D eigenvalue weighted by atomic mass is 16.5. The van der Waals surface area contributed by atoms with Gasteiger partial charge in [-0.15, -0.1) is 0 Å². The predicted octanol–water partition coefficient (Wildman–Crippen LogP) is 2.43. The van der Waals surface area contributed by atoms with Crippen LogP contribution in [0.5, 0.6) is 11.5 Å². The Hall–Kier alpha value is -1.73. The average Bonchev–Trinajstić information content (AvgIpc) is 2.84. The first-order valence-corrected chi connectivity index (χ1v) is 6.65. The van der Waals surface area contributed by atoms with Crippen LogP contribution >= 0.6 is 0 Å². The maximum atomic E-state index is 9.06. The highest BCUT2D eigenvalue weighted by Crippen LogP contribution is 2.25. The zero-order valence-corrected chi connectivity index (χ0v) is 11.6. The van der Waals surface area contributed by atoms with Gasteiger partial charge < -0.3 is 14.4 Å². The van der Waals surface area contributed by atoms with Crippen LogP contribution in [-0.2, 0) is 0 Å². The number of rotatable bonds is 5. The van der Waals surface area contributed by atoms with E-state index in [0.29, 0.717) is 29.7 Å². The number of hydrogen-bond acceptors (Lipinski definition) is 4. The van der Waals surface area contributed by atoms with Crippen molar-refractivity contribution in [3.8, 4) is 17.6 Å². The molecule has 0 spiro atoms. The third-order valence-corrected chi connectivity index (χ3v) is 3.69. The summed E-state index contributed by atoms with van der Waals surface area (Å²) in [7, 11) is 3.77. The van der Waals surface area contributed by atoms with E-state index in [1.807, 2.05) is 0 Å². The topological polar surface area (TPSA) is 45.5 Å². The summed E-state index contributed by atoms with van der Waals surface area (Å²) in [5.41, 5.74) is 0.556. The Morgan fingerprint density at radius 2 is 2.32 bits per heavy atom. The van der Waals surface area contributed by atoms with Gasteiger partial charge in [0, 0.05) is 12.1 Å². The number of ether oxygens (including phenoxy) is 2. The van der Waals surface area contributed by atoms with E-state index in [2.05, 4.69) is 18.0 Å². The van der Waals surface area contributed by atoms with Crippen LogP contribution in [0.1, 0.15) is 24.8 Å². The lowest BCUT2D eigenvalue weighted by Gasteiger charge is -2.19. The molecule has 0 amide bonds. The summed E-state index contributed by atoms with van der Waals surface area (Å²) in [4.78, 5) is 2.38. The quantitative estimate of drug-likeness (QED) is 0.815. The zero-order chi connectivity index (χ0) is 13.7. The molecule has 1 unspecified atom stereocenters. The van der Waals surface area contributed by atoms with E-state index in [-0.39, 0.29) is 0 Å². The lowest BCUT2D eigenvalue weighted by atomic mass is 10.1. The maximum absolute atomic E-state index is 9.06. The fourth-order valence-corrected chi connectivity index (χ4v) is 2.49. The molecule has 102 valence electrons. The van der Waals surface area contributed by atoms with Gasteiger partial charge in [-0.2, -0.15) is 5.26 Å². The molecule has 1 fully saturated rings. The van der Waals surface area contributed by atoms with Crippen molar-refractivity contribution in [3.63, 3.8) is 0 Å². The Bertz CT molecular complexity index is 468. The highest BCUT2D eigenvalue weighted by Gasteiger charge is 2.20. The van der Waals surface area contributed by atoms with Gasteiger partial charge in [0.25, 0.3) is 0 Å². The number of nitrogens with zero attached hydrogens (tertiary/aromatic N) is 2. The summed E-state index contributed by atoms with van der Waals surface area (Å²) in [6, 6.07) is 8.03. The normalized spacial score (nSPS) is 19.1. The maximum Gasteiger partial charge on any atom is 0.140 e. The minimum atomic E-state index is 0.556. The summed E-state index contributed by atoms with van der Waals surface area (Å²) in [6.45, 7) is 1.81. The van der Waals surface area contributed by atoms with Crippen LogP contribution in [0.3, 0.4) is 0 Å². The van der Waals surface area contributed by atoms with Crippen LogP contribution in [0.4, 0.5) is 0 Å². The van der Waals surface area contributed by atoms with Crippen LogP contribution in [0, 0.1) is 11.3 Å². The molecule has 0 saturated carbocycles. The largest absolute Gasteiger partial charge is 0.497 e. The van der Waals surface area contributed by atoms with E-state index >= 15 is 0 Å². The first-order valence-electron chi connectivity index (χ1n) is 6.65. The summed E-state index contributed by atoms with van der Waals surface area (Å²) in [5, 5.41) is 9.06. The third kappa shape index (κ3) is 3.39. The second-order valence-electron chi connectivity index (χ2n) is 4.89. The van der Waals surface area contributed by atoms with Gasteiger partial charge >= 0.3 is 0 Å². The molecule has 1 aromatic carbocycles. The molecule has 0 N–H and O–H groups in total. The fraction of sp³-hybridized carbons (Fsp3) is 0.533. The van der Waals surface area contributed by atoms with Crippen molar-refractivity contribution in [3.05, 3.63) is 23.8 Å². The second kappa shape index (κ2) is 6.44. The number of nitriles is 1. The van der Waals surface area contributed by atoms with Gasteiger partial charge in [-0.3, -0.25) is 0 Å². The van der Waals surface area contributed by atoms with Crippen LogP contribution < -0.4 is 9.47 Å². The van der Waals surface area contributed by atoms with E-state index < -0.39 is 0 Å². The van der Waals surface area contributed by atoms with E-state index in [1.165, 1.54) is 19.4 Å². The molecule has 1 aliphatic heterocycles. The van der Waals surface area contributed by atoms with Crippen LogP contribution in [0.25, 0.3) is 0 Å². The van der Waals surface area contributed by atoms with Crippen molar-refractivity contribution in [2.24, 2.45) is 0 Å². The van der Waals surface area contributed by atoms with Gasteiger partial charge in [-0.05, 0) is 45.0 Å². The third-order valence-electron chi connectivity index (χ3n) is 3.69. The molecule has 19 heavy (non-hydrogen) atoms. The number of benzene rings is 1. The van der Waals surface area contributed by atoms with Crippen molar-refractivity contribution in [2.45, 2.75) is 25.3 Å². The van der Waals surface area contributed by atoms with Crippen LogP contribution in [-0.4, -0.2) is 38.3 Å². The minimum absolute atomic E-state index is 0.556. The van der Waals surface area contributed by atoms with Crippen molar-refractivity contribution >= 4 is 0 Å². The molecule has 2 rings (SSSR count). The molecule has 0 bridgehead atoms. The van der Waals surface area contributed by atoms with Gasteiger partial charge in [0.05, 0.1) is 19.3 Å². The molecule has 1 aliphatic rings. The van der Waals surface area contributed by atoms with Gasteiger partial charge in [-0.1, -0.05) is 0 Å². The van der Waals surface area contributed by atoms with Crippen molar-refractivity contribution < 1.29 is 9.47 Å². The molecular formula is C15H20N2O2. The fourth-order valence-electron chi connectivity index (χ4n) is 2.49. The van der Waals surface area contributed by atoms with Gasteiger partial charge in [0.1, 0.15) is 17.6 Å². The first kappa shape index (κ1) is 13.7. The highest BCUT2D eigenvalue weighted by molar-refractivity contribution is 5.47. The van der Waals surface area contributed by atoms with Crippen molar-refractivity contribution in [2.75, 3.05) is 27.3 Å². The Kier molecular flexibility index (Phi) is 4.64. The van der Waals surface area contributed by atoms with E-state index in [9.17, 15) is 0 Å². The van der Waals surface area contributed by atoms with Gasteiger partial charge in [-0.25, -0.2) is 0 Å². The van der Waals surface area contributed by atoms with Crippen molar-refractivity contribution in [1.82, 2.24) is 4.90 Å². The second-order valence-corrected chi connectivity index (χ2v) is 4.89. The first-order chi connectivity index (χ1) is 9.24. The molecule has 0 aromatic heterocycles. The Labute approximate surface area is 114 Å². The Morgan fingerprint density at radius 1 is 1.47 bits per heavy atom. The number of hydrogen-bond donors (Lipinski definition) is 0. The number of methoxy groups -OCH3 is 1. The Balaban J connectivity index is 1.93. The lowest BCUT2D eigenvalue weighted by molar-refractivity contribution is 0.232. The molecule has 0 aliphatic carbocycles. The van der Waals surface area contributed by atoms with Crippen molar-refractivity contribution in [1.29, 1.82) is 5.26 Å². The molecule has 4 nitrogen and oxygen atoms in total. The van der Waals surface area contributed by atoms with E-state index in [1.54, 1.807) is 25.3 Å². The zero-order valence-electron chi connectivity index (χ0n) is 11.6. The summed E-state index contributed by atoms with van der Waals surface area (Å²) < 4.78 is 10.9. The summed E-state index contributed by atoms with van der Waals surface area (Å²) in [5.74, 6) is 1.33. The molecule has 4 heteroatoms. The standard InChI is InChI=1S/C15H20N2O2/c1-17-8-3-4-13(17)7-9-19-15-10-14(18-2)6-5-12(15)11-16/h5-6,10,13H,3-4,7-9H2,1-2H3. The molecule has 1 heterocycles. The summed E-state index contributed by atoms with van der Waals surface area (Å²) >= 11 is 0. The summed E-state index contributed by atoms with van der Waals surface area (Å²) in [6.07, 6.45) is 3.51. The van der Waals surface area contributed by atoms with E-state index in [4.69, 9.17) is 14.7 Å². The molecule has 0 radical (unpaired) electrons. The average molecular weight is 260 g/mol. The van der Waals surface area contributed by atoms with Crippen LogP contribution in [0.2, 0.25) is 0 Å². The minimum Gasteiger partial charge on any atom is -0.497 e. The molecule has 1 atom stereocenters. The van der Waals surface area contributed by atoms with Gasteiger partial charge in [0.15, 0.2) is 0 Å². The molecule has 1 aromatic rings.